The second kappa shape index (κ2) is 7.02. The Balaban J connectivity index is 2.30. The van der Waals surface area contributed by atoms with Crippen LogP contribution in [0.1, 0.15) is 38.7 Å². The third-order valence-corrected chi connectivity index (χ3v) is 3.03. The number of nitrogens with one attached hydrogen (secondary N) is 1. The molecule has 0 aliphatic rings. The standard InChI is InChI=1S/C13H20BrN/c1-3-4-6-11(2)15-10-12-7-5-8-13(14)9-12/h5,7-9,11,15H,3-4,6,10H2,1-2H3. The molecule has 1 unspecified atom stereocenters. The molecule has 0 fully saturated rings. The highest BCUT2D eigenvalue weighted by atomic mass is 79.9. The lowest BCUT2D eigenvalue weighted by Gasteiger charge is -2.13. The van der Waals surface area contributed by atoms with E-state index in [9.17, 15) is 0 Å². The predicted molar refractivity (Wildman–Crippen MR) is 70.0 cm³/mol. The van der Waals surface area contributed by atoms with Crippen molar-refractivity contribution in [1.82, 2.24) is 5.32 Å². The van der Waals surface area contributed by atoms with E-state index in [2.05, 4.69) is 59.4 Å². The third-order valence-electron chi connectivity index (χ3n) is 2.53. The van der Waals surface area contributed by atoms with Gasteiger partial charge in [-0.25, -0.2) is 0 Å². The Morgan fingerprint density at radius 1 is 1.40 bits per heavy atom. The Labute approximate surface area is 101 Å². The minimum absolute atomic E-state index is 0.615. The van der Waals surface area contributed by atoms with Gasteiger partial charge in [0.1, 0.15) is 0 Å². The first-order valence-electron chi connectivity index (χ1n) is 5.70. The van der Waals surface area contributed by atoms with Gasteiger partial charge in [-0.1, -0.05) is 47.8 Å². The summed E-state index contributed by atoms with van der Waals surface area (Å²) in [5.41, 5.74) is 1.34. The summed E-state index contributed by atoms with van der Waals surface area (Å²) in [6.45, 7) is 5.46. The molecule has 0 spiro atoms. The summed E-state index contributed by atoms with van der Waals surface area (Å²) < 4.78 is 1.16. The Morgan fingerprint density at radius 3 is 2.87 bits per heavy atom. The van der Waals surface area contributed by atoms with Gasteiger partial charge in [-0.05, 0) is 31.0 Å². The maximum Gasteiger partial charge on any atom is 0.0208 e. The normalized spacial score (nSPS) is 12.7. The summed E-state index contributed by atoms with van der Waals surface area (Å²) in [6.07, 6.45) is 3.86. The van der Waals surface area contributed by atoms with Crippen molar-refractivity contribution in [2.45, 2.75) is 45.7 Å². The molecule has 1 atom stereocenters. The lowest BCUT2D eigenvalue weighted by molar-refractivity contribution is 0.495. The van der Waals surface area contributed by atoms with Crippen LogP contribution in [-0.4, -0.2) is 6.04 Å². The third kappa shape index (κ3) is 5.33. The maximum absolute atomic E-state index is 3.54. The van der Waals surface area contributed by atoms with Crippen LogP contribution >= 0.6 is 15.9 Å². The Bertz CT molecular complexity index is 286. The highest BCUT2D eigenvalue weighted by Gasteiger charge is 2.00. The first-order valence-corrected chi connectivity index (χ1v) is 6.49. The molecule has 0 bridgehead atoms. The second-order valence-electron chi connectivity index (χ2n) is 4.05. The number of hydrogen-bond acceptors (Lipinski definition) is 1. The van der Waals surface area contributed by atoms with E-state index in [0.717, 1.165) is 11.0 Å². The van der Waals surface area contributed by atoms with Crippen molar-refractivity contribution in [3.05, 3.63) is 34.3 Å². The highest BCUT2D eigenvalue weighted by molar-refractivity contribution is 9.10. The van der Waals surface area contributed by atoms with Gasteiger partial charge in [-0.2, -0.15) is 0 Å². The summed E-state index contributed by atoms with van der Waals surface area (Å²) in [6, 6.07) is 9.08. The van der Waals surface area contributed by atoms with Gasteiger partial charge in [-0.3, -0.25) is 0 Å². The van der Waals surface area contributed by atoms with Crippen LogP contribution in [0.5, 0.6) is 0 Å². The van der Waals surface area contributed by atoms with E-state index >= 15 is 0 Å². The fraction of sp³-hybridized carbons (Fsp3) is 0.538. The molecular weight excluding hydrogens is 250 g/mol. The van der Waals surface area contributed by atoms with Crippen LogP contribution in [0.3, 0.4) is 0 Å². The van der Waals surface area contributed by atoms with Gasteiger partial charge in [-0.15, -0.1) is 0 Å². The van der Waals surface area contributed by atoms with E-state index in [4.69, 9.17) is 0 Å². The average molecular weight is 270 g/mol. The molecule has 0 amide bonds. The first-order chi connectivity index (χ1) is 7.22. The zero-order valence-electron chi connectivity index (χ0n) is 9.59. The molecule has 0 aliphatic heterocycles. The summed E-state index contributed by atoms with van der Waals surface area (Å²) >= 11 is 3.48. The zero-order valence-corrected chi connectivity index (χ0v) is 11.2. The molecule has 1 N–H and O–H groups in total. The largest absolute Gasteiger partial charge is 0.310 e. The van der Waals surface area contributed by atoms with Crippen molar-refractivity contribution >= 4 is 15.9 Å². The SMILES string of the molecule is CCCCC(C)NCc1cccc(Br)c1. The van der Waals surface area contributed by atoms with Crippen molar-refractivity contribution in [1.29, 1.82) is 0 Å². The number of benzene rings is 1. The minimum atomic E-state index is 0.615. The summed E-state index contributed by atoms with van der Waals surface area (Å²) in [5, 5.41) is 3.54. The summed E-state index contributed by atoms with van der Waals surface area (Å²) in [7, 11) is 0. The van der Waals surface area contributed by atoms with Crippen LogP contribution in [0.4, 0.5) is 0 Å². The molecule has 0 aromatic heterocycles. The van der Waals surface area contributed by atoms with E-state index in [1.54, 1.807) is 0 Å². The summed E-state index contributed by atoms with van der Waals surface area (Å²) in [5.74, 6) is 0. The molecule has 1 aromatic carbocycles. The number of unbranched alkanes of at least 4 members (excludes halogenated alkanes) is 1. The summed E-state index contributed by atoms with van der Waals surface area (Å²) in [4.78, 5) is 0. The molecule has 0 heterocycles. The van der Waals surface area contributed by atoms with Gasteiger partial charge < -0.3 is 5.32 Å². The molecule has 0 saturated carbocycles. The van der Waals surface area contributed by atoms with Crippen molar-refractivity contribution in [3.8, 4) is 0 Å². The molecule has 0 radical (unpaired) electrons. The molecule has 15 heavy (non-hydrogen) atoms. The van der Waals surface area contributed by atoms with E-state index < -0.39 is 0 Å². The van der Waals surface area contributed by atoms with Crippen LogP contribution in [-0.2, 0) is 6.54 Å². The fourth-order valence-corrected chi connectivity index (χ4v) is 2.00. The fourth-order valence-electron chi connectivity index (χ4n) is 1.55. The molecule has 2 heteroatoms. The van der Waals surface area contributed by atoms with Gasteiger partial charge in [0, 0.05) is 17.1 Å². The molecule has 0 saturated heterocycles. The van der Waals surface area contributed by atoms with Gasteiger partial charge in [0.2, 0.25) is 0 Å². The van der Waals surface area contributed by atoms with Gasteiger partial charge >= 0.3 is 0 Å². The minimum Gasteiger partial charge on any atom is -0.310 e. The molecule has 84 valence electrons. The number of rotatable bonds is 6. The van der Waals surface area contributed by atoms with Crippen LogP contribution in [0, 0.1) is 0 Å². The molecular formula is C13H20BrN. The lowest BCUT2D eigenvalue weighted by Crippen LogP contribution is -2.25. The predicted octanol–water partition coefficient (Wildman–Crippen LogP) is 4.12. The monoisotopic (exact) mass is 269 g/mol. The molecule has 1 aromatic rings. The van der Waals surface area contributed by atoms with Crippen LogP contribution in [0.15, 0.2) is 28.7 Å². The highest BCUT2D eigenvalue weighted by Crippen LogP contribution is 2.11. The lowest BCUT2D eigenvalue weighted by atomic mass is 10.1. The average Bonchev–Trinajstić information content (AvgIpc) is 2.23. The van der Waals surface area contributed by atoms with Crippen molar-refractivity contribution in [2.75, 3.05) is 0 Å². The smallest absolute Gasteiger partial charge is 0.0208 e. The van der Waals surface area contributed by atoms with Gasteiger partial charge in [0.25, 0.3) is 0 Å². The van der Waals surface area contributed by atoms with Crippen molar-refractivity contribution < 1.29 is 0 Å². The maximum atomic E-state index is 3.54. The van der Waals surface area contributed by atoms with E-state index in [1.165, 1.54) is 24.8 Å². The van der Waals surface area contributed by atoms with Crippen molar-refractivity contribution in [3.63, 3.8) is 0 Å². The Kier molecular flexibility index (Phi) is 5.96. The van der Waals surface area contributed by atoms with Gasteiger partial charge in [0.05, 0.1) is 0 Å². The molecule has 0 aliphatic carbocycles. The number of hydrogen-bond donors (Lipinski definition) is 1. The first kappa shape index (κ1) is 12.7. The molecule has 1 rings (SSSR count). The van der Waals surface area contributed by atoms with E-state index in [-0.39, 0.29) is 0 Å². The zero-order chi connectivity index (χ0) is 11.1. The van der Waals surface area contributed by atoms with Gasteiger partial charge in [0.15, 0.2) is 0 Å². The second-order valence-corrected chi connectivity index (χ2v) is 4.97. The van der Waals surface area contributed by atoms with Crippen LogP contribution in [0.2, 0.25) is 0 Å². The van der Waals surface area contributed by atoms with E-state index in [0.29, 0.717) is 6.04 Å². The molecule has 1 nitrogen and oxygen atoms in total. The van der Waals surface area contributed by atoms with E-state index in [1.807, 2.05) is 0 Å². The quantitative estimate of drug-likeness (QED) is 0.820. The topological polar surface area (TPSA) is 12.0 Å². The Hall–Kier alpha value is -0.340. The Morgan fingerprint density at radius 2 is 2.20 bits per heavy atom. The van der Waals surface area contributed by atoms with Crippen LogP contribution in [0.25, 0.3) is 0 Å². The number of halogens is 1. The van der Waals surface area contributed by atoms with Crippen LogP contribution < -0.4 is 5.32 Å². The van der Waals surface area contributed by atoms with Crippen molar-refractivity contribution in [2.24, 2.45) is 0 Å².